The van der Waals surface area contributed by atoms with Gasteiger partial charge in [-0.2, -0.15) is 0 Å². The van der Waals surface area contributed by atoms with E-state index in [4.69, 9.17) is 4.74 Å². The standard InChI is InChI=1S/C19H24N2O2/c1-14(2)20-11-13-23-16-8-6-15(7-9-16)21-12-10-17-18(21)4-3-5-19(17)22/h6-10,12,14,20H,3-5,11,13H2,1-2H3. The normalized spacial score (nSPS) is 14.1. The topological polar surface area (TPSA) is 43.3 Å². The number of fused-ring (bicyclic) bond motifs is 1. The first-order valence-corrected chi connectivity index (χ1v) is 8.35. The van der Waals surface area contributed by atoms with Crippen molar-refractivity contribution in [3.8, 4) is 11.4 Å². The molecule has 1 aliphatic rings. The summed E-state index contributed by atoms with van der Waals surface area (Å²) in [7, 11) is 0. The molecule has 0 unspecified atom stereocenters. The van der Waals surface area contributed by atoms with Crippen LogP contribution < -0.4 is 10.1 Å². The van der Waals surface area contributed by atoms with Gasteiger partial charge < -0.3 is 14.6 Å². The summed E-state index contributed by atoms with van der Waals surface area (Å²) in [5.41, 5.74) is 3.10. The Morgan fingerprint density at radius 2 is 1.96 bits per heavy atom. The molecule has 122 valence electrons. The summed E-state index contributed by atoms with van der Waals surface area (Å²) in [4.78, 5) is 11.9. The summed E-state index contributed by atoms with van der Waals surface area (Å²) in [6, 6.07) is 10.5. The van der Waals surface area contributed by atoms with E-state index in [0.717, 1.165) is 42.1 Å². The van der Waals surface area contributed by atoms with E-state index in [1.165, 1.54) is 0 Å². The molecule has 2 aromatic rings. The third kappa shape index (κ3) is 3.64. The number of carbonyl (C=O) groups excluding carboxylic acids is 1. The van der Waals surface area contributed by atoms with E-state index < -0.39 is 0 Å². The number of carbonyl (C=O) groups is 1. The molecule has 4 nitrogen and oxygen atoms in total. The maximum absolute atomic E-state index is 11.9. The smallest absolute Gasteiger partial charge is 0.164 e. The number of nitrogens with one attached hydrogen (secondary N) is 1. The highest BCUT2D eigenvalue weighted by Crippen LogP contribution is 2.26. The number of nitrogens with zero attached hydrogens (tertiary/aromatic N) is 1. The lowest BCUT2D eigenvalue weighted by Crippen LogP contribution is -2.27. The summed E-state index contributed by atoms with van der Waals surface area (Å²) in [6.07, 6.45) is 4.58. The monoisotopic (exact) mass is 312 g/mol. The van der Waals surface area contributed by atoms with Gasteiger partial charge in [-0.25, -0.2) is 0 Å². The fourth-order valence-electron chi connectivity index (χ4n) is 2.99. The van der Waals surface area contributed by atoms with Crippen molar-refractivity contribution in [1.29, 1.82) is 0 Å². The molecule has 1 aromatic heterocycles. The van der Waals surface area contributed by atoms with Crippen LogP contribution >= 0.6 is 0 Å². The van der Waals surface area contributed by atoms with Gasteiger partial charge in [0.15, 0.2) is 5.78 Å². The number of hydrogen-bond donors (Lipinski definition) is 1. The van der Waals surface area contributed by atoms with Gasteiger partial charge in [-0.1, -0.05) is 13.8 Å². The van der Waals surface area contributed by atoms with Gasteiger partial charge in [0.2, 0.25) is 0 Å². The zero-order valence-corrected chi connectivity index (χ0v) is 13.8. The van der Waals surface area contributed by atoms with E-state index >= 15 is 0 Å². The van der Waals surface area contributed by atoms with Crippen LogP contribution in [-0.2, 0) is 6.42 Å². The van der Waals surface area contributed by atoms with Crippen LogP contribution in [0.3, 0.4) is 0 Å². The van der Waals surface area contributed by atoms with Crippen molar-refractivity contribution in [1.82, 2.24) is 9.88 Å². The van der Waals surface area contributed by atoms with Crippen molar-refractivity contribution in [2.24, 2.45) is 0 Å². The molecule has 1 heterocycles. The minimum atomic E-state index is 0.266. The van der Waals surface area contributed by atoms with Crippen molar-refractivity contribution in [2.45, 2.75) is 39.2 Å². The van der Waals surface area contributed by atoms with E-state index in [-0.39, 0.29) is 5.78 Å². The minimum absolute atomic E-state index is 0.266. The summed E-state index contributed by atoms with van der Waals surface area (Å²) < 4.78 is 7.85. The third-order valence-electron chi connectivity index (χ3n) is 4.15. The molecule has 0 aliphatic heterocycles. The molecular weight excluding hydrogens is 288 g/mol. The Kier molecular flexibility index (Phi) is 4.82. The van der Waals surface area contributed by atoms with Crippen LogP contribution in [-0.4, -0.2) is 29.5 Å². The Balaban J connectivity index is 1.67. The van der Waals surface area contributed by atoms with E-state index in [2.05, 4.69) is 23.7 Å². The molecule has 0 fully saturated rings. The fourth-order valence-corrected chi connectivity index (χ4v) is 2.99. The van der Waals surface area contributed by atoms with Crippen LogP contribution in [0.1, 0.15) is 42.7 Å². The zero-order valence-electron chi connectivity index (χ0n) is 13.8. The molecular formula is C19H24N2O2. The van der Waals surface area contributed by atoms with Gasteiger partial charge in [-0.3, -0.25) is 4.79 Å². The van der Waals surface area contributed by atoms with E-state index in [1.54, 1.807) is 0 Å². The second kappa shape index (κ2) is 7.01. The number of ether oxygens (including phenoxy) is 1. The number of aromatic nitrogens is 1. The molecule has 0 saturated heterocycles. The number of ketones is 1. The highest BCUT2D eigenvalue weighted by Gasteiger charge is 2.20. The molecule has 4 heteroatoms. The van der Waals surface area contributed by atoms with Gasteiger partial charge in [-0.05, 0) is 43.2 Å². The quantitative estimate of drug-likeness (QED) is 0.832. The SMILES string of the molecule is CC(C)NCCOc1ccc(-n2ccc3c2CCCC3=O)cc1. The zero-order chi connectivity index (χ0) is 16.2. The van der Waals surface area contributed by atoms with Crippen molar-refractivity contribution in [3.05, 3.63) is 47.8 Å². The van der Waals surface area contributed by atoms with Crippen molar-refractivity contribution < 1.29 is 9.53 Å². The molecule has 0 spiro atoms. The Hall–Kier alpha value is -2.07. The van der Waals surface area contributed by atoms with Gasteiger partial charge in [0.1, 0.15) is 12.4 Å². The summed E-state index contributed by atoms with van der Waals surface area (Å²) in [5.74, 6) is 1.14. The Morgan fingerprint density at radius 3 is 2.70 bits per heavy atom. The average molecular weight is 312 g/mol. The van der Waals surface area contributed by atoms with Gasteiger partial charge in [0, 0.05) is 42.1 Å². The first kappa shape index (κ1) is 15.8. The van der Waals surface area contributed by atoms with Gasteiger partial charge in [-0.15, -0.1) is 0 Å². The fraction of sp³-hybridized carbons (Fsp3) is 0.421. The molecule has 3 rings (SSSR count). The highest BCUT2D eigenvalue weighted by molar-refractivity contribution is 5.98. The molecule has 1 aliphatic carbocycles. The van der Waals surface area contributed by atoms with E-state index in [0.29, 0.717) is 19.1 Å². The van der Waals surface area contributed by atoms with Crippen molar-refractivity contribution >= 4 is 5.78 Å². The number of Topliss-reactive ketones (excluding diaryl/α,β-unsaturated/α-hetero) is 1. The number of rotatable bonds is 6. The average Bonchev–Trinajstić information content (AvgIpc) is 2.97. The Labute approximate surface area is 137 Å². The molecule has 1 aromatic carbocycles. The molecule has 0 bridgehead atoms. The minimum Gasteiger partial charge on any atom is -0.492 e. The summed E-state index contributed by atoms with van der Waals surface area (Å²) >= 11 is 0. The van der Waals surface area contributed by atoms with Crippen LogP contribution in [0.15, 0.2) is 36.5 Å². The van der Waals surface area contributed by atoms with E-state index in [1.807, 2.05) is 36.5 Å². The summed E-state index contributed by atoms with van der Waals surface area (Å²) in [6.45, 7) is 5.74. The highest BCUT2D eigenvalue weighted by atomic mass is 16.5. The molecule has 1 N–H and O–H groups in total. The predicted octanol–water partition coefficient (Wildman–Crippen LogP) is 3.37. The van der Waals surface area contributed by atoms with Crippen molar-refractivity contribution in [2.75, 3.05) is 13.2 Å². The number of benzene rings is 1. The van der Waals surface area contributed by atoms with Crippen molar-refractivity contribution in [3.63, 3.8) is 0 Å². The lowest BCUT2D eigenvalue weighted by Gasteiger charge is -2.15. The van der Waals surface area contributed by atoms with Crippen LogP contribution in [0.25, 0.3) is 5.69 Å². The lowest BCUT2D eigenvalue weighted by atomic mass is 9.97. The lowest BCUT2D eigenvalue weighted by molar-refractivity contribution is 0.0972. The van der Waals surface area contributed by atoms with Gasteiger partial charge >= 0.3 is 0 Å². The molecule has 0 amide bonds. The van der Waals surface area contributed by atoms with E-state index in [9.17, 15) is 4.79 Å². The summed E-state index contributed by atoms with van der Waals surface area (Å²) in [5, 5.41) is 3.33. The van der Waals surface area contributed by atoms with Gasteiger partial charge in [0.05, 0.1) is 0 Å². The second-order valence-corrected chi connectivity index (χ2v) is 6.27. The van der Waals surface area contributed by atoms with Crippen LogP contribution in [0.4, 0.5) is 0 Å². The molecule has 0 atom stereocenters. The maximum Gasteiger partial charge on any atom is 0.164 e. The van der Waals surface area contributed by atoms with Crippen LogP contribution in [0.2, 0.25) is 0 Å². The second-order valence-electron chi connectivity index (χ2n) is 6.27. The largest absolute Gasteiger partial charge is 0.492 e. The van der Waals surface area contributed by atoms with Gasteiger partial charge in [0.25, 0.3) is 0 Å². The first-order chi connectivity index (χ1) is 11.1. The third-order valence-corrected chi connectivity index (χ3v) is 4.15. The van der Waals surface area contributed by atoms with Crippen LogP contribution in [0, 0.1) is 0 Å². The molecule has 23 heavy (non-hydrogen) atoms. The molecule has 0 radical (unpaired) electrons. The van der Waals surface area contributed by atoms with Crippen LogP contribution in [0.5, 0.6) is 5.75 Å². The maximum atomic E-state index is 11.9. The predicted molar refractivity (Wildman–Crippen MR) is 91.7 cm³/mol. The Bertz CT molecular complexity index is 671. The number of hydrogen-bond acceptors (Lipinski definition) is 3. The Morgan fingerprint density at radius 1 is 1.17 bits per heavy atom. The molecule has 0 saturated carbocycles. The first-order valence-electron chi connectivity index (χ1n) is 8.35.